The standard InChI is InChI=1S/C18H26N2O2/c1-6-7-15(20-17(21)22-18(3,4)5)16-11-13(8-9-19-16)14-10-12(14)2/h6,8-9,11-12,14-15H,1,7,10H2,2-5H3,(H,20,21)/t12-,14+,15+/m1/s1. The predicted molar refractivity (Wildman–Crippen MR) is 87.7 cm³/mol. The molecule has 120 valence electrons. The largest absolute Gasteiger partial charge is 0.444 e. The van der Waals surface area contributed by atoms with Crippen LogP contribution in [0.25, 0.3) is 0 Å². The quantitative estimate of drug-likeness (QED) is 0.823. The Kier molecular flexibility index (Phi) is 4.89. The number of alkyl carbamates (subject to hydrolysis) is 1. The molecule has 1 amide bonds. The van der Waals surface area contributed by atoms with Gasteiger partial charge in [-0.3, -0.25) is 4.98 Å². The monoisotopic (exact) mass is 302 g/mol. The van der Waals surface area contributed by atoms with Crippen LogP contribution >= 0.6 is 0 Å². The van der Waals surface area contributed by atoms with Crippen LogP contribution in [0.15, 0.2) is 31.0 Å². The molecular weight excluding hydrogens is 276 g/mol. The summed E-state index contributed by atoms with van der Waals surface area (Å²) in [7, 11) is 0. The molecule has 0 aromatic carbocycles. The highest BCUT2D eigenvalue weighted by Gasteiger charge is 2.34. The van der Waals surface area contributed by atoms with Gasteiger partial charge in [0.1, 0.15) is 5.60 Å². The van der Waals surface area contributed by atoms with Crippen molar-refractivity contribution in [3.05, 3.63) is 42.2 Å². The van der Waals surface area contributed by atoms with Gasteiger partial charge in [0.15, 0.2) is 0 Å². The molecule has 1 heterocycles. The molecule has 0 unspecified atom stereocenters. The van der Waals surface area contributed by atoms with E-state index < -0.39 is 11.7 Å². The second-order valence-electron chi connectivity index (χ2n) is 7.06. The highest BCUT2D eigenvalue weighted by molar-refractivity contribution is 5.68. The van der Waals surface area contributed by atoms with Crippen LogP contribution in [-0.2, 0) is 4.74 Å². The number of ether oxygens (including phenoxy) is 1. The van der Waals surface area contributed by atoms with Gasteiger partial charge in [-0.2, -0.15) is 0 Å². The van der Waals surface area contributed by atoms with Gasteiger partial charge in [0, 0.05) is 6.20 Å². The molecule has 3 atom stereocenters. The average molecular weight is 302 g/mol. The van der Waals surface area contributed by atoms with Crippen molar-refractivity contribution in [2.45, 2.75) is 58.1 Å². The Labute approximate surface area is 133 Å². The summed E-state index contributed by atoms with van der Waals surface area (Å²) in [6.45, 7) is 11.6. The Hall–Kier alpha value is -1.84. The number of hydrogen-bond donors (Lipinski definition) is 1. The molecule has 1 aromatic rings. The van der Waals surface area contributed by atoms with Crippen LogP contribution in [0.3, 0.4) is 0 Å². The Bertz CT molecular complexity index is 548. The summed E-state index contributed by atoms with van der Waals surface area (Å²) >= 11 is 0. The van der Waals surface area contributed by atoms with Crippen molar-refractivity contribution < 1.29 is 9.53 Å². The molecule has 1 fully saturated rings. The first kappa shape index (κ1) is 16.5. The van der Waals surface area contributed by atoms with E-state index in [0.29, 0.717) is 12.3 Å². The summed E-state index contributed by atoms with van der Waals surface area (Å²) < 4.78 is 5.33. The van der Waals surface area contributed by atoms with Crippen LogP contribution in [0.4, 0.5) is 4.79 Å². The number of rotatable bonds is 5. The second kappa shape index (κ2) is 6.51. The number of hydrogen-bond acceptors (Lipinski definition) is 3. The molecule has 0 bridgehead atoms. The van der Waals surface area contributed by atoms with Crippen LogP contribution in [0.2, 0.25) is 0 Å². The molecule has 1 saturated carbocycles. The van der Waals surface area contributed by atoms with Crippen molar-refractivity contribution in [2.75, 3.05) is 0 Å². The van der Waals surface area contributed by atoms with Crippen LogP contribution in [0.5, 0.6) is 0 Å². The summed E-state index contributed by atoms with van der Waals surface area (Å²) in [5.41, 5.74) is 1.65. The number of nitrogens with zero attached hydrogens (tertiary/aromatic N) is 1. The van der Waals surface area contributed by atoms with E-state index in [1.54, 1.807) is 6.08 Å². The van der Waals surface area contributed by atoms with Gasteiger partial charge >= 0.3 is 6.09 Å². The SMILES string of the molecule is C=CC[C@H](NC(=O)OC(C)(C)C)c1cc([C@H]2C[C@H]2C)ccn1. The van der Waals surface area contributed by atoms with Gasteiger partial charge < -0.3 is 10.1 Å². The summed E-state index contributed by atoms with van der Waals surface area (Å²) in [5, 5.41) is 2.89. The first-order valence-electron chi connectivity index (χ1n) is 7.86. The highest BCUT2D eigenvalue weighted by Crippen LogP contribution is 2.47. The summed E-state index contributed by atoms with van der Waals surface area (Å²) in [6, 6.07) is 3.96. The minimum absolute atomic E-state index is 0.207. The first-order valence-corrected chi connectivity index (χ1v) is 7.86. The number of amides is 1. The van der Waals surface area contributed by atoms with E-state index in [0.717, 1.165) is 11.6 Å². The van der Waals surface area contributed by atoms with Crippen molar-refractivity contribution >= 4 is 6.09 Å². The molecule has 4 heteroatoms. The van der Waals surface area contributed by atoms with Gasteiger partial charge in [-0.15, -0.1) is 6.58 Å². The van der Waals surface area contributed by atoms with E-state index in [4.69, 9.17) is 4.74 Å². The predicted octanol–water partition coefficient (Wildman–Crippen LogP) is 4.35. The zero-order valence-corrected chi connectivity index (χ0v) is 13.9. The average Bonchev–Trinajstić information content (AvgIpc) is 3.13. The third kappa shape index (κ3) is 4.58. The lowest BCUT2D eigenvalue weighted by Gasteiger charge is -2.23. The van der Waals surface area contributed by atoms with Crippen molar-refractivity contribution in [1.82, 2.24) is 10.3 Å². The van der Waals surface area contributed by atoms with E-state index in [2.05, 4.69) is 35.9 Å². The maximum Gasteiger partial charge on any atom is 0.408 e. The highest BCUT2D eigenvalue weighted by atomic mass is 16.6. The number of pyridine rings is 1. The van der Waals surface area contributed by atoms with Crippen molar-refractivity contribution in [1.29, 1.82) is 0 Å². The molecule has 22 heavy (non-hydrogen) atoms. The molecule has 1 aliphatic rings. The molecule has 2 rings (SSSR count). The fourth-order valence-corrected chi connectivity index (χ4v) is 2.54. The molecule has 1 N–H and O–H groups in total. The molecule has 4 nitrogen and oxygen atoms in total. The summed E-state index contributed by atoms with van der Waals surface area (Å²) in [6.07, 6.45) is 5.04. The third-order valence-corrected chi connectivity index (χ3v) is 3.79. The molecule has 0 spiro atoms. The Morgan fingerprint density at radius 1 is 1.59 bits per heavy atom. The van der Waals surface area contributed by atoms with Gasteiger partial charge in [0.25, 0.3) is 0 Å². The minimum Gasteiger partial charge on any atom is -0.444 e. The van der Waals surface area contributed by atoms with Crippen LogP contribution in [-0.4, -0.2) is 16.7 Å². The topological polar surface area (TPSA) is 51.2 Å². The van der Waals surface area contributed by atoms with Gasteiger partial charge in [0.05, 0.1) is 11.7 Å². The smallest absolute Gasteiger partial charge is 0.408 e. The Balaban J connectivity index is 2.10. The number of carbonyl (C=O) groups excluding carboxylic acids is 1. The Morgan fingerprint density at radius 3 is 2.82 bits per heavy atom. The van der Waals surface area contributed by atoms with E-state index in [1.165, 1.54) is 12.0 Å². The fraction of sp³-hybridized carbons (Fsp3) is 0.556. The fourth-order valence-electron chi connectivity index (χ4n) is 2.54. The lowest BCUT2D eigenvalue weighted by Crippen LogP contribution is -2.35. The van der Waals surface area contributed by atoms with E-state index in [-0.39, 0.29) is 6.04 Å². The zero-order valence-electron chi connectivity index (χ0n) is 13.9. The summed E-state index contributed by atoms with van der Waals surface area (Å²) in [5.74, 6) is 1.37. The lowest BCUT2D eigenvalue weighted by atomic mass is 10.0. The number of carbonyl (C=O) groups is 1. The minimum atomic E-state index is -0.512. The normalized spacial score (nSPS) is 21.8. The van der Waals surface area contributed by atoms with Crippen molar-refractivity contribution in [2.24, 2.45) is 5.92 Å². The van der Waals surface area contributed by atoms with E-state index >= 15 is 0 Å². The van der Waals surface area contributed by atoms with Gasteiger partial charge in [-0.1, -0.05) is 13.0 Å². The summed E-state index contributed by atoms with van der Waals surface area (Å²) in [4.78, 5) is 16.4. The zero-order chi connectivity index (χ0) is 16.3. The molecule has 1 aromatic heterocycles. The van der Waals surface area contributed by atoms with Crippen LogP contribution in [0.1, 0.15) is 63.8 Å². The third-order valence-electron chi connectivity index (χ3n) is 3.79. The maximum atomic E-state index is 12.0. The second-order valence-corrected chi connectivity index (χ2v) is 7.06. The lowest BCUT2D eigenvalue weighted by molar-refractivity contribution is 0.0503. The number of nitrogens with one attached hydrogen (secondary N) is 1. The number of aromatic nitrogens is 1. The van der Waals surface area contributed by atoms with Crippen molar-refractivity contribution in [3.63, 3.8) is 0 Å². The molecule has 0 radical (unpaired) electrons. The van der Waals surface area contributed by atoms with E-state index in [9.17, 15) is 4.79 Å². The Morgan fingerprint density at radius 2 is 2.27 bits per heavy atom. The van der Waals surface area contributed by atoms with Gasteiger partial charge in [-0.05, 0) is 63.1 Å². The molecular formula is C18H26N2O2. The maximum absolute atomic E-state index is 12.0. The molecule has 0 saturated heterocycles. The molecule has 1 aliphatic carbocycles. The first-order chi connectivity index (χ1) is 10.3. The van der Waals surface area contributed by atoms with E-state index in [1.807, 2.05) is 27.0 Å². The van der Waals surface area contributed by atoms with Crippen molar-refractivity contribution in [3.8, 4) is 0 Å². The van der Waals surface area contributed by atoms with Gasteiger partial charge in [-0.25, -0.2) is 4.79 Å². The van der Waals surface area contributed by atoms with Crippen LogP contribution in [0, 0.1) is 5.92 Å². The molecule has 0 aliphatic heterocycles. The van der Waals surface area contributed by atoms with Crippen LogP contribution < -0.4 is 5.32 Å². The van der Waals surface area contributed by atoms with Gasteiger partial charge in [0.2, 0.25) is 0 Å².